The van der Waals surface area contributed by atoms with Gasteiger partial charge in [0.25, 0.3) is 0 Å². The van der Waals surface area contributed by atoms with Gasteiger partial charge in [-0.05, 0) is 32.1 Å². The van der Waals surface area contributed by atoms with Crippen LogP contribution in [0.4, 0.5) is 5.82 Å². The van der Waals surface area contributed by atoms with Gasteiger partial charge in [-0.2, -0.15) is 11.8 Å². The molecule has 4 nitrogen and oxygen atoms in total. The predicted molar refractivity (Wildman–Crippen MR) is 80.0 cm³/mol. The second-order valence-corrected chi connectivity index (χ2v) is 6.77. The number of hydrogen-bond donors (Lipinski definition) is 2. The SMILES string of the molecule is NNc1nc(CSC2CCCCC2)nc2c1CCC2. The van der Waals surface area contributed by atoms with Crippen LogP contribution in [-0.4, -0.2) is 15.2 Å². The van der Waals surface area contributed by atoms with Gasteiger partial charge in [0, 0.05) is 16.5 Å². The second-order valence-electron chi connectivity index (χ2n) is 5.48. The van der Waals surface area contributed by atoms with Crippen molar-refractivity contribution in [3.63, 3.8) is 0 Å². The van der Waals surface area contributed by atoms with Crippen molar-refractivity contribution in [1.29, 1.82) is 0 Å². The second kappa shape index (κ2) is 6.09. The molecule has 0 aromatic carbocycles. The van der Waals surface area contributed by atoms with Gasteiger partial charge in [-0.15, -0.1) is 0 Å². The third-order valence-corrected chi connectivity index (χ3v) is 5.48. The minimum atomic E-state index is 0.805. The number of rotatable bonds is 4. The molecule has 1 fully saturated rings. The maximum absolute atomic E-state index is 5.58. The molecule has 2 aliphatic carbocycles. The summed E-state index contributed by atoms with van der Waals surface area (Å²) >= 11 is 2.02. The Morgan fingerprint density at radius 1 is 1.11 bits per heavy atom. The number of aryl methyl sites for hydroxylation is 1. The average molecular weight is 278 g/mol. The lowest BCUT2D eigenvalue weighted by Crippen LogP contribution is -2.14. The molecule has 0 aliphatic heterocycles. The zero-order valence-corrected chi connectivity index (χ0v) is 12.1. The molecule has 2 aliphatic rings. The van der Waals surface area contributed by atoms with Crippen molar-refractivity contribution in [2.75, 3.05) is 5.43 Å². The normalized spacial score (nSPS) is 19.4. The molecule has 1 aromatic rings. The molecule has 0 spiro atoms. The first-order chi connectivity index (χ1) is 9.36. The van der Waals surface area contributed by atoms with E-state index < -0.39 is 0 Å². The van der Waals surface area contributed by atoms with E-state index in [4.69, 9.17) is 10.8 Å². The quantitative estimate of drug-likeness (QED) is 0.655. The van der Waals surface area contributed by atoms with Crippen LogP contribution >= 0.6 is 11.8 Å². The van der Waals surface area contributed by atoms with Gasteiger partial charge in [-0.3, -0.25) is 0 Å². The lowest BCUT2D eigenvalue weighted by molar-refractivity contribution is 0.516. The van der Waals surface area contributed by atoms with Crippen LogP contribution in [0.1, 0.15) is 55.6 Å². The first-order valence-electron chi connectivity index (χ1n) is 7.33. The number of nitrogens with zero attached hydrogens (tertiary/aromatic N) is 2. The fourth-order valence-electron chi connectivity index (χ4n) is 3.09. The first kappa shape index (κ1) is 13.2. The van der Waals surface area contributed by atoms with Gasteiger partial charge in [-0.25, -0.2) is 15.8 Å². The molecule has 0 bridgehead atoms. The molecule has 0 unspecified atom stereocenters. The van der Waals surface area contributed by atoms with Gasteiger partial charge in [0.05, 0.1) is 5.75 Å². The molecular formula is C14H22N4S. The van der Waals surface area contributed by atoms with Crippen molar-refractivity contribution >= 4 is 17.6 Å². The number of fused-ring (bicyclic) bond motifs is 1. The minimum absolute atomic E-state index is 0.805. The monoisotopic (exact) mass is 278 g/mol. The Morgan fingerprint density at radius 2 is 1.95 bits per heavy atom. The van der Waals surface area contributed by atoms with E-state index in [0.29, 0.717) is 0 Å². The molecule has 104 valence electrons. The number of nitrogen functional groups attached to an aromatic ring is 1. The van der Waals surface area contributed by atoms with Crippen molar-refractivity contribution in [3.8, 4) is 0 Å². The number of thioether (sulfide) groups is 1. The number of nitrogens with one attached hydrogen (secondary N) is 1. The standard InChI is InChI=1S/C14H22N4S/c15-18-14-11-7-4-8-12(11)16-13(17-14)9-19-10-5-2-1-3-6-10/h10H,1-9,15H2,(H,16,17,18). The molecule has 5 heteroatoms. The average Bonchev–Trinajstić information content (AvgIpc) is 2.93. The van der Waals surface area contributed by atoms with Crippen molar-refractivity contribution < 1.29 is 0 Å². The highest BCUT2D eigenvalue weighted by molar-refractivity contribution is 7.99. The highest BCUT2D eigenvalue weighted by atomic mass is 32.2. The van der Waals surface area contributed by atoms with Crippen LogP contribution in [0, 0.1) is 0 Å². The number of hydrazine groups is 1. The van der Waals surface area contributed by atoms with Crippen LogP contribution in [0.15, 0.2) is 0 Å². The fourth-order valence-corrected chi connectivity index (χ4v) is 4.27. The van der Waals surface area contributed by atoms with Gasteiger partial charge in [0.1, 0.15) is 11.6 Å². The van der Waals surface area contributed by atoms with E-state index in [0.717, 1.165) is 35.5 Å². The lowest BCUT2D eigenvalue weighted by atomic mass is 10.0. The van der Waals surface area contributed by atoms with Crippen molar-refractivity contribution in [2.24, 2.45) is 5.84 Å². The van der Waals surface area contributed by atoms with E-state index >= 15 is 0 Å². The fraction of sp³-hybridized carbons (Fsp3) is 0.714. The predicted octanol–water partition coefficient (Wildman–Crippen LogP) is 2.82. The first-order valence-corrected chi connectivity index (χ1v) is 8.38. The topological polar surface area (TPSA) is 63.8 Å². The molecule has 0 radical (unpaired) electrons. The van der Waals surface area contributed by atoms with Crippen molar-refractivity contribution in [2.45, 2.75) is 62.4 Å². The van der Waals surface area contributed by atoms with E-state index in [1.165, 1.54) is 49.8 Å². The Bertz CT molecular complexity index is 443. The van der Waals surface area contributed by atoms with Crippen LogP contribution in [0.5, 0.6) is 0 Å². The third-order valence-electron chi connectivity index (χ3n) is 4.12. The van der Waals surface area contributed by atoms with E-state index in [-0.39, 0.29) is 0 Å². The van der Waals surface area contributed by atoms with Crippen molar-refractivity contribution in [3.05, 3.63) is 17.1 Å². The van der Waals surface area contributed by atoms with Crippen LogP contribution in [0.3, 0.4) is 0 Å². The van der Waals surface area contributed by atoms with Gasteiger partial charge in [0.15, 0.2) is 0 Å². The number of anilines is 1. The summed E-state index contributed by atoms with van der Waals surface area (Å²) in [5, 5.41) is 0.805. The highest BCUT2D eigenvalue weighted by Crippen LogP contribution is 2.31. The zero-order valence-electron chi connectivity index (χ0n) is 11.3. The van der Waals surface area contributed by atoms with Gasteiger partial charge >= 0.3 is 0 Å². The third kappa shape index (κ3) is 3.03. The molecule has 0 amide bonds. The van der Waals surface area contributed by atoms with E-state index in [1.807, 2.05) is 11.8 Å². The maximum Gasteiger partial charge on any atom is 0.147 e. The van der Waals surface area contributed by atoms with E-state index in [1.54, 1.807) is 0 Å². The number of aromatic nitrogens is 2. The van der Waals surface area contributed by atoms with Gasteiger partial charge < -0.3 is 5.43 Å². The molecule has 19 heavy (non-hydrogen) atoms. The van der Waals surface area contributed by atoms with Gasteiger partial charge in [0.2, 0.25) is 0 Å². The van der Waals surface area contributed by atoms with Crippen LogP contribution in [-0.2, 0) is 18.6 Å². The largest absolute Gasteiger partial charge is 0.308 e. The summed E-state index contributed by atoms with van der Waals surface area (Å²) in [6, 6.07) is 0. The number of hydrogen-bond acceptors (Lipinski definition) is 5. The Balaban J connectivity index is 1.67. The lowest BCUT2D eigenvalue weighted by Gasteiger charge is -2.20. The summed E-state index contributed by atoms with van der Waals surface area (Å²) < 4.78 is 0. The summed E-state index contributed by atoms with van der Waals surface area (Å²) in [5.74, 6) is 8.30. The summed E-state index contributed by atoms with van der Waals surface area (Å²) in [6.07, 6.45) is 10.2. The van der Waals surface area contributed by atoms with E-state index in [2.05, 4.69) is 10.4 Å². The Labute approximate surface area is 118 Å². The summed E-state index contributed by atoms with van der Waals surface area (Å²) in [4.78, 5) is 9.30. The maximum atomic E-state index is 5.58. The summed E-state index contributed by atoms with van der Waals surface area (Å²) in [7, 11) is 0. The van der Waals surface area contributed by atoms with E-state index in [9.17, 15) is 0 Å². The molecule has 1 saturated carbocycles. The molecule has 0 atom stereocenters. The van der Waals surface area contributed by atoms with Crippen molar-refractivity contribution in [1.82, 2.24) is 9.97 Å². The summed E-state index contributed by atoms with van der Waals surface area (Å²) in [5.41, 5.74) is 5.19. The molecule has 1 aromatic heterocycles. The Kier molecular flexibility index (Phi) is 4.23. The Morgan fingerprint density at radius 3 is 2.74 bits per heavy atom. The minimum Gasteiger partial charge on any atom is -0.308 e. The van der Waals surface area contributed by atoms with Crippen LogP contribution < -0.4 is 11.3 Å². The summed E-state index contributed by atoms with van der Waals surface area (Å²) in [6.45, 7) is 0. The zero-order chi connectivity index (χ0) is 13.1. The molecule has 3 rings (SSSR count). The highest BCUT2D eigenvalue weighted by Gasteiger charge is 2.20. The molecular weight excluding hydrogens is 256 g/mol. The van der Waals surface area contributed by atoms with Crippen LogP contribution in [0.25, 0.3) is 0 Å². The Hall–Kier alpha value is -0.810. The molecule has 0 saturated heterocycles. The van der Waals surface area contributed by atoms with Crippen LogP contribution in [0.2, 0.25) is 0 Å². The smallest absolute Gasteiger partial charge is 0.147 e. The molecule has 3 N–H and O–H groups in total. The number of nitrogens with two attached hydrogens (primary N) is 1. The molecule has 1 heterocycles. The van der Waals surface area contributed by atoms with Gasteiger partial charge in [-0.1, -0.05) is 19.3 Å².